The van der Waals surface area contributed by atoms with Crippen molar-refractivity contribution in [2.24, 2.45) is 0 Å². The maximum Gasteiger partial charge on any atom is 0.318 e. The van der Waals surface area contributed by atoms with Gasteiger partial charge < -0.3 is 19.5 Å². The van der Waals surface area contributed by atoms with Crippen molar-refractivity contribution in [2.45, 2.75) is 19.1 Å². The van der Waals surface area contributed by atoms with E-state index in [1.165, 1.54) is 13.3 Å². The van der Waals surface area contributed by atoms with Crippen LogP contribution in [0.2, 0.25) is 5.02 Å². The lowest BCUT2D eigenvalue weighted by Crippen LogP contribution is -2.48. The third kappa shape index (κ3) is 2.82. The van der Waals surface area contributed by atoms with Crippen LogP contribution in [0.1, 0.15) is 6.92 Å². The number of aromatic nitrogens is 2. The molecule has 2 atom stereocenters. The molecule has 0 aromatic carbocycles. The number of ether oxygens (including phenoxy) is 2. The predicted octanol–water partition coefficient (Wildman–Crippen LogP) is 0.725. The fraction of sp³-hybridized carbons (Fsp3) is 0.636. The van der Waals surface area contributed by atoms with Gasteiger partial charge in [0.05, 0.1) is 32.1 Å². The summed E-state index contributed by atoms with van der Waals surface area (Å²) in [4.78, 5) is 10.2. The minimum absolute atomic E-state index is 0.00734. The number of aliphatic hydroxyl groups is 1. The first-order valence-electron chi connectivity index (χ1n) is 5.71. The summed E-state index contributed by atoms with van der Waals surface area (Å²) in [6, 6.07) is 0.272. The molecule has 1 aliphatic heterocycles. The minimum atomic E-state index is -0.231. The highest BCUT2D eigenvalue weighted by molar-refractivity contribution is 6.32. The van der Waals surface area contributed by atoms with Crippen LogP contribution in [0.15, 0.2) is 6.20 Å². The Labute approximate surface area is 111 Å². The van der Waals surface area contributed by atoms with Crippen molar-refractivity contribution in [3.63, 3.8) is 0 Å². The van der Waals surface area contributed by atoms with Gasteiger partial charge in [-0.2, -0.15) is 4.98 Å². The Morgan fingerprint density at radius 1 is 1.61 bits per heavy atom. The summed E-state index contributed by atoms with van der Waals surface area (Å²) >= 11 is 6.10. The number of hydrogen-bond donors (Lipinski definition) is 1. The summed E-state index contributed by atoms with van der Waals surface area (Å²) in [6.45, 7) is 3.12. The SMILES string of the molecule is COc1ncc(Cl)c(N2CC(C)OC(CO)C2)n1. The van der Waals surface area contributed by atoms with E-state index in [2.05, 4.69) is 9.97 Å². The zero-order valence-electron chi connectivity index (χ0n) is 10.3. The molecular weight excluding hydrogens is 258 g/mol. The van der Waals surface area contributed by atoms with Gasteiger partial charge in [-0.05, 0) is 6.92 Å². The van der Waals surface area contributed by atoms with Crippen molar-refractivity contribution in [3.8, 4) is 6.01 Å². The van der Waals surface area contributed by atoms with Crippen LogP contribution < -0.4 is 9.64 Å². The average Bonchev–Trinajstić information content (AvgIpc) is 2.38. The molecule has 2 heterocycles. The largest absolute Gasteiger partial charge is 0.467 e. The van der Waals surface area contributed by atoms with Crippen LogP contribution in [0.25, 0.3) is 0 Å². The fourth-order valence-electron chi connectivity index (χ4n) is 1.98. The molecule has 1 N–H and O–H groups in total. The van der Waals surface area contributed by atoms with Gasteiger partial charge in [0.25, 0.3) is 0 Å². The van der Waals surface area contributed by atoms with Crippen LogP contribution in [-0.4, -0.2) is 54.1 Å². The summed E-state index contributed by atoms with van der Waals surface area (Å²) in [5, 5.41) is 9.66. The first kappa shape index (κ1) is 13.3. The van der Waals surface area contributed by atoms with Crippen LogP contribution in [0.5, 0.6) is 6.01 Å². The fourth-order valence-corrected chi connectivity index (χ4v) is 2.19. The van der Waals surface area contributed by atoms with Crippen LogP contribution in [0.3, 0.4) is 0 Å². The van der Waals surface area contributed by atoms with E-state index in [0.717, 1.165) is 0 Å². The van der Waals surface area contributed by atoms with Gasteiger partial charge in [-0.25, -0.2) is 4.98 Å². The number of hydrogen-bond acceptors (Lipinski definition) is 6. The van der Waals surface area contributed by atoms with Crippen LogP contribution in [0, 0.1) is 0 Å². The second-order valence-electron chi connectivity index (χ2n) is 4.18. The molecule has 1 fully saturated rings. The van der Waals surface area contributed by atoms with Gasteiger partial charge in [0.1, 0.15) is 5.02 Å². The molecule has 100 valence electrons. The lowest BCUT2D eigenvalue weighted by atomic mass is 10.2. The highest BCUT2D eigenvalue weighted by Gasteiger charge is 2.27. The topological polar surface area (TPSA) is 67.7 Å². The number of morpholine rings is 1. The minimum Gasteiger partial charge on any atom is -0.467 e. The second-order valence-corrected chi connectivity index (χ2v) is 4.59. The van der Waals surface area contributed by atoms with Crippen molar-refractivity contribution >= 4 is 17.4 Å². The van der Waals surface area contributed by atoms with E-state index in [4.69, 9.17) is 21.1 Å². The van der Waals surface area contributed by atoms with E-state index in [0.29, 0.717) is 23.9 Å². The highest BCUT2D eigenvalue weighted by Crippen LogP contribution is 2.27. The van der Waals surface area contributed by atoms with E-state index in [1.54, 1.807) is 0 Å². The molecule has 0 aliphatic carbocycles. The molecule has 0 spiro atoms. The number of rotatable bonds is 3. The molecule has 18 heavy (non-hydrogen) atoms. The summed E-state index contributed by atoms with van der Waals surface area (Å²) in [5.41, 5.74) is 0. The Kier molecular flexibility index (Phi) is 4.21. The van der Waals surface area contributed by atoms with Gasteiger partial charge in [0.2, 0.25) is 0 Å². The van der Waals surface area contributed by atoms with Gasteiger partial charge in [-0.1, -0.05) is 11.6 Å². The van der Waals surface area contributed by atoms with E-state index in [9.17, 15) is 5.11 Å². The lowest BCUT2D eigenvalue weighted by Gasteiger charge is -2.37. The van der Waals surface area contributed by atoms with Crippen molar-refractivity contribution in [1.82, 2.24) is 9.97 Å². The molecule has 0 saturated carbocycles. The summed E-state index contributed by atoms with van der Waals surface area (Å²) in [6.07, 6.45) is 1.29. The van der Waals surface area contributed by atoms with Crippen LogP contribution >= 0.6 is 11.6 Å². The average molecular weight is 274 g/mol. The molecule has 1 saturated heterocycles. The number of nitrogens with zero attached hydrogens (tertiary/aromatic N) is 3. The van der Waals surface area contributed by atoms with E-state index in [1.807, 2.05) is 11.8 Å². The number of aliphatic hydroxyl groups excluding tert-OH is 1. The maximum atomic E-state index is 9.20. The van der Waals surface area contributed by atoms with Crippen LogP contribution in [-0.2, 0) is 4.74 Å². The summed E-state index contributed by atoms with van der Waals surface area (Å²) < 4.78 is 10.6. The Morgan fingerprint density at radius 3 is 3.06 bits per heavy atom. The molecule has 0 radical (unpaired) electrons. The zero-order chi connectivity index (χ0) is 13.1. The highest BCUT2D eigenvalue weighted by atomic mass is 35.5. The molecule has 0 bridgehead atoms. The summed E-state index contributed by atoms with van der Waals surface area (Å²) in [5.74, 6) is 0.608. The Hall–Kier alpha value is -1.11. The van der Waals surface area contributed by atoms with E-state index >= 15 is 0 Å². The number of anilines is 1. The second kappa shape index (κ2) is 5.69. The van der Waals surface area contributed by atoms with Gasteiger partial charge >= 0.3 is 6.01 Å². The molecule has 0 amide bonds. The molecule has 2 unspecified atom stereocenters. The molecule has 1 aliphatic rings. The maximum absolute atomic E-state index is 9.20. The van der Waals surface area contributed by atoms with Gasteiger partial charge in [-0.15, -0.1) is 0 Å². The molecule has 7 heteroatoms. The molecule has 2 rings (SSSR count). The predicted molar refractivity (Wildman–Crippen MR) is 67.2 cm³/mol. The molecular formula is C11H16ClN3O3. The third-order valence-corrected chi connectivity index (χ3v) is 2.98. The normalized spacial score (nSPS) is 24.1. The monoisotopic (exact) mass is 273 g/mol. The number of methoxy groups -OCH3 is 1. The van der Waals surface area contributed by atoms with Crippen molar-refractivity contribution in [3.05, 3.63) is 11.2 Å². The van der Waals surface area contributed by atoms with Gasteiger partial charge in [0, 0.05) is 13.1 Å². The smallest absolute Gasteiger partial charge is 0.318 e. The van der Waals surface area contributed by atoms with Gasteiger partial charge in [-0.3, -0.25) is 0 Å². The molecule has 6 nitrogen and oxygen atoms in total. The van der Waals surface area contributed by atoms with Crippen molar-refractivity contribution < 1.29 is 14.6 Å². The van der Waals surface area contributed by atoms with Crippen molar-refractivity contribution in [2.75, 3.05) is 31.7 Å². The Bertz CT molecular complexity index is 419. The van der Waals surface area contributed by atoms with E-state index in [-0.39, 0.29) is 24.8 Å². The zero-order valence-corrected chi connectivity index (χ0v) is 11.1. The molecule has 1 aromatic heterocycles. The van der Waals surface area contributed by atoms with Crippen molar-refractivity contribution in [1.29, 1.82) is 0 Å². The number of halogens is 1. The Morgan fingerprint density at radius 2 is 2.39 bits per heavy atom. The lowest BCUT2D eigenvalue weighted by molar-refractivity contribution is -0.0423. The molecule has 1 aromatic rings. The Balaban J connectivity index is 2.24. The quantitative estimate of drug-likeness (QED) is 0.875. The third-order valence-electron chi connectivity index (χ3n) is 2.72. The van der Waals surface area contributed by atoms with E-state index < -0.39 is 0 Å². The van der Waals surface area contributed by atoms with Crippen LogP contribution in [0.4, 0.5) is 5.82 Å². The first-order chi connectivity index (χ1) is 8.63. The first-order valence-corrected chi connectivity index (χ1v) is 6.09. The standard InChI is InChI=1S/C11H16ClN3O3/c1-7-4-15(5-8(6-16)18-7)10-9(12)3-13-11(14-10)17-2/h3,7-8,16H,4-6H2,1-2H3. The summed E-state index contributed by atoms with van der Waals surface area (Å²) in [7, 11) is 1.51. The van der Waals surface area contributed by atoms with Gasteiger partial charge in [0.15, 0.2) is 5.82 Å².